The number of rotatable bonds is 2. The third kappa shape index (κ3) is 2.61. The smallest absolute Gasteiger partial charge is 0.267 e. The van der Waals surface area contributed by atoms with E-state index in [9.17, 15) is 9.90 Å². The molecule has 1 rings (SSSR count). The number of hydrogen-bond donors (Lipinski definition) is 3. The summed E-state index contributed by atoms with van der Waals surface area (Å²) in [6.07, 6.45) is 2.52. The first-order chi connectivity index (χ1) is 6.24. The van der Waals surface area contributed by atoms with E-state index in [4.69, 9.17) is 5.21 Å². The molecule has 0 aliphatic heterocycles. The van der Waals surface area contributed by atoms with Crippen LogP contribution in [-0.2, 0) is 4.79 Å². The van der Waals surface area contributed by atoms with Gasteiger partial charge in [-0.25, -0.2) is 5.48 Å². The Kier molecular flexibility index (Phi) is 3.05. The van der Waals surface area contributed by atoms with Crippen molar-refractivity contribution in [3.8, 4) is 5.75 Å². The number of phenolic OH excluding ortho intramolecular Hbond substituents is 1. The van der Waals surface area contributed by atoms with E-state index in [2.05, 4.69) is 0 Å². The molecule has 0 saturated heterocycles. The number of benzene rings is 1. The van der Waals surface area contributed by atoms with Crippen LogP contribution in [-0.4, -0.2) is 16.2 Å². The molecule has 3 N–H and O–H groups in total. The Morgan fingerprint density at radius 1 is 1.38 bits per heavy atom. The maximum atomic E-state index is 10.6. The van der Waals surface area contributed by atoms with Gasteiger partial charge in [-0.1, -0.05) is 18.2 Å². The van der Waals surface area contributed by atoms with E-state index in [0.717, 1.165) is 6.08 Å². The van der Waals surface area contributed by atoms with Gasteiger partial charge in [-0.3, -0.25) is 10.0 Å². The van der Waals surface area contributed by atoms with Crippen molar-refractivity contribution in [3.05, 3.63) is 35.9 Å². The number of phenols is 1. The van der Waals surface area contributed by atoms with Crippen molar-refractivity contribution in [1.82, 2.24) is 5.48 Å². The van der Waals surface area contributed by atoms with Gasteiger partial charge in [0.15, 0.2) is 0 Å². The number of para-hydroxylation sites is 1. The Labute approximate surface area is 75.1 Å². The SMILES string of the molecule is O=C(C=Cc1ccccc1O)NO. The molecule has 1 amide bonds. The number of amides is 1. The summed E-state index contributed by atoms with van der Waals surface area (Å²) in [5.74, 6) is -0.548. The van der Waals surface area contributed by atoms with Gasteiger partial charge < -0.3 is 5.11 Å². The average Bonchev–Trinajstić information content (AvgIpc) is 2.16. The van der Waals surface area contributed by atoms with Gasteiger partial charge in [-0.05, 0) is 12.1 Å². The molecule has 0 aliphatic rings. The molecule has 1 aromatic carbocycles. The molecule has 0 spiro atoms. The molecular weight excluding hydrogens is 170 g/mol. The number of hydrogen-bond acceptors (Lipinski definition) is 3. The molecule has 0 atom stereocenters. The van der Waals surface area contributed by atoms with E-state index in [1.807, 2.05) is 0 Å². The molecule has 1 aromatic rings. The normalized spacial score (nSPS) is 10.2. The Morgan fingerprint density at radius 3 is 2.69 bits per heavy atom. The van der Waals surface area contributed by atoms with Crippen molar-refractivity contribution in [2.24, 2.45) is 0 Å². The highest BCUT2D eigenvalue weighted by molar-refractivity contribution is 5.91. The quantitative estimate of drug-likeness (QED) is 0.359. The molecule has 0 fully saturated rings. The summed E-state index contributed by atoms with van der Waals surface area (Å²) in [4.78, 5) is 10.6. The highest BCUT2D eigenvalue weighted by Gasteiger charge is 1.95. The van der Waals surface area contributed by atoms with Gasteiger partial charge in [0.05, 0.1) is 0 Å². The van der Waals surface area contributed by atoms with Crippen LogP contribution in [0.4, 0.5) is 0 Å². The van der Waals surface area contributed by atoms with Crippen LogP contribution < -0.4 is 5.48 Å². The molecule has 4 nitrogen and oxygen atoms in total. The van der Waals surface area contributed by atoms with Crippen LogP contribution >= 0.6 is 0 Å². The van der Waals surface area contributed by atoms with Crippen LogP contribution in [0.15, 0.2) is 30.3 Å². The summed E-state index contributed by atoms with van der Waals surface area (Å²) < 4.78 is 0. The zero-order valence-corrected chi connectivity index (χ0v) is 6.77. The zero-order chi connectivity index (χ0) is 9.68. The lowest BCUT2D eigenvalue weighted by molar-refractivity contribution is -0.124. The topological polar surface area (TPSA) is 69.6 Å². The van der Waals surface area contributed by atoms with Crippen molar-refractivity contribution < 1.29 is 15.1 Å². The van der Waals surface area contributed by atoms with Crippen LogP contribution in [0.25, 0.3) is 6.08 Å². The fourth-order valence-electron chi connectivity index (χ4n) is 0.831. The number of hydroxylamine groups is 1. The van der Waals surface area contributed by atoms with Gasteiger partial charge >= 0.3 is 0 Å². The van der Waals surface area contributed by atoms with Gasteiger partial charge in [0.2, 0.25) is 0 Å². The monoisotopic (exact) mass is 179 g/mol. The lowest BCUT2D eigenvalue weighted by Gasteiger charge is -1.96. The molecule has 0 bridgehead atoms. The number of aromatic hydroxyl groups is 1. The van der Waals surface area contributed by atoms with Crippen molar-refractivity contribution in [2.45, 2.75) is 0 Å². The van der Waals surface area contributed by atoms with Crippen molar-refractivity contribution in [1.29, 1.82) is 0 Å². The van der Waals surface area contributed by atoms with Gasteiger partial charge in [-0.2, -0.15) is 0 Å². The Morgan fingerprint density at radius 2 is 2.08 bits per heavy atom. The van der Waals surface area contributed by atoms with Crippen molar-refractivity contribution >= 4 is 12.0 Å². The first kappa shape index (κ1) is 9.28. The second-order valence-electron chi connectivity index (χ2n) is 2.37. The molecule has 0 radical (unpaired) electrons. The Bertz CT molecular complexity index is 333. The Balaban J connectivity index is 2.80. The average molecular weight is 179 g/mol. The summed E-state index contributed by atoms with van der Waals surface area (Å²) in [5, 5.41) is 17.4. The summed E-state index contributed by atoms with van der Waals surface area (Å²) in [7, 11) is 0. The highest BCUT2D eigenvalue weighted by atomic mass is 16.5. The number of carbonyl (C=O) groups excluding carboxylic acids is 1. The predicted octanol–water partition coefficient (Wildman–Crippen LogP) is 0.911. The van der Waals surface area contributed by atoms with Crippen LogP contribution in [0.5, 0.6) is 5.75 Å². The van der Waals surface area contributed by atoms with E-state index >= 15 is 0 Å². The molecule has 0 aliphatic carbocycles. The molecule has 0 unspecified atom stereocenters. The predicted molar refractivity (Wildman–Crippen MR) is 47.1 cm³/mol. The van der Waals surface area contributed by atoms with E-state index in [1.54, 1.807) is 18.2 Å². The summed E-state index contributed by atoms with van der Waals surface area (Å²) >= 11 is 0. The van der Waals surface area contributed by atoms with Gasteiger partial charge in [-0.15, -0.1) is 0 Å². The lowest BCUT2D eigenvalue weighted by atomic mass is 10.2. The molecule has 0 saturated carbocycles. The Hall–Kier alpha value is -1.81. The van der Waals surface area contributed by atoms with Crippen molar-refractivity contribution in [3.63, 3.8) is 0 Å². The maximum absolute atomic E-state index is 10.6. The summed E-state index contributed by atoms with van der Waals surface area (Å²) in [6.45, 7) is 0. The van der Waals surface area contributed by atoms with Crippen LogP contribution in [0.3, 0.4) is 0 Å². The third-order valence-electron chi connectivity index (χ3n) is 1.46. The van der Waals surface area contributed by atoms with Crippen LogP contribution in [0.2, 0.25) is 0 Å². The standard InChI is InChI=1S/C9H9NO3/c11-8-4-2-1-3-7(8)5-6-9(12)10-13/h1-6,11,13H,(H,10,12). The first-order valence-corrected chi connectivity index (χ1v) is 3.64. The molecule has 0 aromatic heterocycles. The van der Waals surface area contributed by atoms with E-state index in [0.29, 0.717) is 5.56 Å². The molecule has 68 valence electrons. The molecule has 4 heteroatoms. The highest BCUT2D eigenvalue weighted by Crippen LogP contribution is 2.16. The second-order valence-corrected chi connectivity index (χ2v) is 2.37. The van der Waals surface area contributed by atoms with Crippen LogP contribution in [0.1, 0.15) is 5.56 Å². The lowest BCUT2D eigenvalue weighted by Crippen LogP contribution is -2.14. The minimum Gasteiger partial charge on any atom is -0.507 e. The minimum absolute atomic E-state index is 0.0875. The fourth-order valence-corrected chi connectivity index (χ4v) is 0.831. The van der Waals surface area contributed by atoms with Crippen LogP contribution in [0, 0.1) is 0 Å². The minimum atomic E-state index is -0.636. The fraction of sp³-hybridized carbons (Fsp3) is 0. The largest absolute Gasteiger partial charge is 0.507 e. The van der Waals surface area contributed by atoms with Gasteiger partial charge in [0.25, 0.3) is 5.91 Å². The molecule has 0 heterocycles. The van der Waals surface area contributed by atoms with E-state index < -0.39 is 5.91 Å². The maximum Gasteiger partial charge on any atom is 0.267 e. The molecule has 13 heavy (non-hydrogen) atoms. The summed E-state index contributed by atoms with van der Waals surface area (Å²) in [5.41, 5.74) is 1.97. The number of carbonyl (C=O) groups is 1. The van der Waals surface area contributed by atoms with Gasteiger partial charge in [0, 0.05) is 11.6 Å². The second kappa shape index (κ2) is 4.27. The zero-order valence-electron chi connectivity index (χ0n) is 6.77. The van der Waals surface area contributed by atoms with E-state index in [1.165, 1.54) is 17.6 Å². The van der Waals surface area contributed by atoms with Gasteiger partial charge in [0.1, 0.15) is 5.75 Å². The molecular formula is C9H9NO3. The first-order valence-electron chi connectivity index (χ1n) is 3.64. The third-order valence-corrected chi connectivity index (χ3v) is 1.46. The summed E-state index contributed by atoms with van der Waals surface area (Å²) in [6, 6.07) is 6.57. The number of nitrogens with one attached hydrogen (secondary N) is 1. The van der Waals surface area contributed by atoms with Crippen molar-refractivity contribution in [2.75, 3.05) is 0 Å². The van der Waals surface area contributed by atoms with E-state index in [-0.39, 0.29) is 5.75 Å².